The van der Waals surface area contributed by atoms with E-state index in [2.05, 4.69) is 67.3 Å². The molecule has 0 amide bonds. The van der Waals surface area contributed by atoms with Crippen LogP contribution in [0.4, 0.5) is 17.1 Å². The van der Waals surface area contributed by atoms with Gasteiger partial charge >= 0.3 is 5.97 Å². The van der Waals surface area contributed by atoms with Gasteiger partial charge in [-0.25, -0.2) is 4.79 Å². The van der Waals surface area contributed by atoms with E-state index < -0.39 is 11.5 Å². The van der Waals surface area contributed by atoms with Crippen molar-refractivity contribution in [1.82, 2.24) is 0 Å². The van der Waals surface area contributed by atoms with Gasteiger partial charge in [0, 0.05) is 17.1 Å². The summed E-state index contributed by atoms with van der Waals surface area (Å²) in [5.74, 6) is 2.52. The van der Waals surface area contributed by atoms with Gasteiger partial charge in [-0.1, -0.05) is 38.8 Å². The van der Waals surface area contributed by atoms with Gasteiger partial charge in [0.05, 0.1) is 32.7 Å². The number of hydrogen-bond acceptors (Lipinski definition) is 11. The molecule has 0 spiro atoms. The zero-order valence-corrected chi connectivity index (χ0v) is 31.7. The highest BCUT2D eigenvalue weighted by Crippen LogP contribution is 2.60. The first-order valence-electron chi connectivity index (χ1n) is 18.1. The van der Waals surface area contributed by atoms with Crippen LogP contribution in [-0.2, 0) is 4.79 Å². The quantitative estimate of drug-likeness (QED) is 0.0626. The van der Waals surface area contributed by atoms with Gasteiger partial charge in [0.2, 0.25) is 0 Å². The summed E-state index contributed by atoms with van der Waals surface area (Å²) in [7, 11) is 0. The molecular formula is C42H40N2O8S2. The van der Waals surface area contributed by atoms with Crippen LogP contribution in [0.15, 0.2) is 78.4 Å². The number of unbranched alkanes of at least 4 members (excludes halogenated alkanes) is 2. The van der Waals surface area contributed by atoms with E-state index in [1.54, 1.807) is 6.07 Å². The molecule has 0 unspecified atom stereocenters. The molecule has 5 aromatic rings. The van der Waals surface area contributed by atoms with Gasteiger partial charge in [0.1, 0.15) is 49.6 Å². The summed E-state index contributed by atoms with van der Waals surface area (Å²) >= 11 is 2.80. The molecular weight excluding hydrogens is 725 g/mol. The number of thiophene rings is 2. The third-order valence-corrected chi connectivity index (χ3v) is 11.2. The lowest BCUT2D eigenvalue weighted by atomic mass is 10.1. The molecule has 0 fully saturated rings. The van der Waals surface area contributed by atoms with Crippen LogP contribution in [0.1, 0.15) is 44.4 Å². The molecule has 2 aliphatic heterocycles. The Morgan fingerprint density at radius 2 is 1.15 bits per heavy atom. The lowest BCUT2D eigenvalue weighted by Crippen LogP contribution is -2.15. The fourth-order valence-corrected chi connectivity index (χ4v) is 8.49. The summed E-state index contributed by atoms with van der Waals surface area (Å²) in [5, 5.41) is 19.0. The number of anilines is 3. The highest BCUT2D eigenvalue weighted by molar-refractivity contribution is 7.25. The summed E-state index contributed by atoms with van der Waals surface area (Å²) in [5.41, 5.74) is 3.47. The SMILES string of the molecule is CCCCOc1ccc(N(c2ccc(OCCCC)cc2)c2ccc(-c3sc(-c4sc(/C=C(\C#N)C(=O)O)c5c4OCCO5)c4c3OCCO4)cc2)cc1. The second kappa shape index (κ2) is 17.0. The van der Waals surface area contributed by atoms with Crippen LogP contribution in [0.3, 0.4) is 0 Å². The normalized spacial score (nSPS) is 13.2. The Hall–Kier alpha value is -5.64. The maximum absolute atomic E-state index is 11.7. The molecule has 0 radical (unpaired) electrons. The van der Waals surface area contributed by atoms with E-state index >= 15 is 0 Å². The second-order valence-corrected chi connectivity index (χ2v) is 14.6. The highest BCUT2D eigenvalue weighted by Gasteiger charge is 2.33. The Kier molecular flexibility index (Phi) is 11.6. The minimum absolute atomic E-state index is 0.309. The van der Waals surface area contributed by atoms with E-state index in [4.69, 9.17) is 28.4 Å². The number of carboxylic acid groups (broad SMARTS) is 1. The lowest BCUT2D eigenvalue weighted by Gasteiger charge is -2.26. The first kappa shape index (κ1) is 36.7. The third kappa shape index (κ3) is 7.83. The monoisotopic (exact) mass is 764 g/mol. The first-order chi connectivity index (χ1) is 26.5. The second-order valence-electron chi connectivity index (χ2n) is 12.5. The molecule has 0 saturated carbocycles. The number of carboxylic acids is 1. The molecule has 4 heterocycles. The van der Waals surface area contributed by atoms with Crippen molar-refractivity contribution < 1.29 is 38.3 Å². The lowest BCUT2D eigenvalue weighted by molar-refractivity contribution is -0.132. The number of nitrogens with zero attached hydrogens (tertiary/aromatic N) is 2. The van der Waals surface area contributed by atoms with Crippen LogP contribution < -0.4 is 33.3 Å². The molecule has 0 saturated heterocycles. The van der Waals surface area contributed by atoms with Gasteiger partial charge < -0.3 is 38.4 Å². The van der Waals surface area contributed by atoms with E-state index in [0.717, 1.165) is 74.4 Å². The van der Waals surface area contributed by atoms with Crippen LogP contribution in [0.5, 0.6) is 34.5 Å². The Balaban J connectivity index is 1.24. The molecule has 1 N–H and O–H groups in total. The van der Waals surface area contributed by atoms with Crippen LogP contribution >= 0.6 is 22.7 Å². The number of fused-ring (bicyclic) bond motifs is 2. The number of aliphatic carboxylic acids is 1. The average molecular weight is 765 g/mol. The first-order valence-corrected chi connectivity index (χ1v) is 19.7. The Bertz CT molecular complexity index is 2090. The van der Waals surface area contributed by atoms with Crippen LogP contribution in [0.25, 0.3) is 26.3 Å². The molecule has 10 nitrogen and oxygen atoms in total. The van der Waals surface area contributed by atoms with Crippen molar-refractivity contribution in [1.29, 1.82) is 5.26 Å². The van der Waals surface area contributed by atoms with Crippen molar-refractivity contribution in [3.8, 4) is 60.8 Å². The smallest absolute Gasteiger partial charge is 0.346 e. The molecule has 12 heteroatoms. The number of nitriles is 1. The molecule has 7 rings (SSSR count). The number of benzene rings is 3. The van der Waals surface area contributed by atoms with E-state index in [9.17, 15) is 15.2 Å². The predicted molar refractivity (Wildman–Crippen MR) is 212 cm³/mol. The van der Waals surface area contributed by atoms with E-state index in [-0.39, 0.29) is 0 Å². The maximum Gasteiger partial charge on any atom is 0.346 e. The number of hydrogen-bond donors (Lipinski definition) is 1. The van der Waals surface area contributed by atoms with Crippen molar-refractivity contribution in [3.63, 3.8) is 0 Å². The number of carbonyl (C=O) groups is 1. The van der Waals surface area contributed by atoms with Crippen molar-refractivity contribution in [3.05, 3.63) is 83.2 Å². The van der Waals surface area contributed by atoms with E-state index in [0.29, 0.717) is 67.5 Å². The molecule has 0 bridgehead atoms. The van der Waals surface area contributed by atoms with Gasteiger partial charge in [-0.2, -0.15) is 5.26 Å². The Labute approximate surface area is 322 Å². The van der Waals surface area contributed by atoms with Crippen molar-refractivity contribution in [2.45, 2.75) is 39.5 Å². The minimum Gasteiger partial charge on any atom is -0.494 e. The largest absolute Gasteiger partial charge is 0.494 e. The number of rotatable bonds is 15. The summed E-state index contributed by atoms with van der Waals surface area (Å²) in [4.78, 5) is 16.8. The van der Waals surface area contributed by atoms with Crippen LogP contribution in [-0.4, -0.2) is 50.7 Å². The summed E-state index contributed by atoms with van der Waals surface area (Å²) < 4.78 is 36.4. The number of ether oxygens (including phenoxy) is 6. The predicted octanol–water partition coefficient (Wildman–Crippen LogP) is 10.5. The fourth-order valence-electron chi connectivity index (χ4n) is 6.04. The average Bonchev–Trinajstić information content (AvgIpc) is 3.77. The molecule has 0 aliphatic carbocycles. The zero-order valence-electron chi connectivity index (χ0n) is 30.1. The third-order valence-electron chi connectivity index (χ3n) is 8.77. The molecule has 2 aliphatic rings. The van der Waals surface area contributed by atoms with Crippen molar-refractivity contribution in [2.75, 3.05) is 44.5 Å². The van der Waals surface area contributed by atoms with E-state index in [1.807, 2.05) is 24.3 Å². The van der Waals surface area contributed by atoms with Crippen LogP contribution in [0, 0.1) is 11.3 Å². The molecule has 278 valence electrons. The van der Waals surface area contributed by atoms with E-state index in [1.165, 1.54) is 28.7 Å². The molecule has 54 heavy (non-hydrogen) atoms. The topological polar surface area (TPSA) is 120 Å². The van der Waals surface area contributed by atoms with Gasteiger partial charge in [-0.15, -0.1) is 22.7 Å². The summed E-state index contributed by atoms with van der Waals surface area (Å²) in [6.45, 7) is 7.09. The Morgan fingerprint density at radius 3 is 1.63 bits per heavy atom. The van der Waals surface area contributed by atoms with Gasteiger partial charge in [0.15, 0.2) is 23.0 Å². The van der Waals surface area contributed by atoms with Crippen molar-refractivity contribution in [2.24, 2.45) is 0 Å². The molecule has 3 aromatic carbocycles. The minimum atomic E-state index is -1.31. The van der Waals surface area contributed by atoms with Crippen molar-refractivity contribution >= 4 is 51.8 Å². The summed E-state index contributed by atoms with van der Waals surface area (Å²) in [6, 6.07) is 26.4. The Morgan fingerprint density at radius 1 is 0.704 bits per heavy atom. The van der Waals surface area contributed by atoms with Gasteiger partial charge in [-0.05, 0) is 85.1 Å². The van der Waals surface area contributed by atoms with Crippen LogP contribution in [0.2, 0.25) is 0 Å². The zero-order chi connectivity index (χ0) is 37.4. The molecule has 0 atom stereocenters. The summed E-state index contributed by atoms with van der Waals surface area (Å²) in [6.07, 6.45) is 5.49. The maximum atomic E-state index is 11.7. The standard InChI is InChI=1S/C42H40N2O8S2/c1-3-5-19-47-32-15-11-30(12-16-32)44(31-13-17-33(18-14-31)48-20-6-4-2)29-9-7-27(8-10-29)39-37-38(52-24-23-51-37)41(54-39)40-36-35(49-21-22-50-36)34(53-40)25-28(26-43)42(45)46/h7-18,25H,3-6,19-24H2,1-2H3,(H,45,46)/b28-25+. The highest BCUT2D eigenvalue weighted by atomic mass is 32.1. The fraction of sp³-hybridized carbons (Fsp3) is 0.286. The molecule has 2 aromatic heterocycles. The van der Waals surface area contributed by atoms with Gasteiger partial charge in [0.25, 0.3) is 0 Å². The van der Waals surface area contributed by atoms with Gasteiger partial charge in [-0.3, -0.25) is 0 Å².